The van der Waals surface area contributed by atoms with Gasteiger partial charge in [-0.2, -0.15) is 9.97 Å². The molecule has 3 aliphatic rings. The van der Waals surface area contributed by atoms with Crippen molar-refractivity contribution in [3.63, 3.8) is 0 Å². The smallest absolute Gasteiger partial charge is 0.226 e. The highest BCUT2D eigenvalue weighted by Gasteiger charge is 2.27. The van der Waals surface area contributed by atoms with E-state index in [1.54, 1.807) is 22.6 Å². The second kappa shape index (κ2) is 12.0. The van der Waals surface area contributed by atoms with Gasteiger partial charge in [-0.05, 0) is 66.3 Å². The quantitative estimate of drug-likeness (QED) is 0.299. The Bertz CT molecular complexity index is 1220. The molecule has 1 atom stereocenters. The summed E-state index contributed by atoms with van der Waals surface area (Å²) in [6, 6.07) is 10.4. The topological polar surface area (TPSA) is 83.4 Å². The Balaban J connectivity index is 1.24. The summed E-state index contributed by atoms with van der Waals surface area (Å²) in [7, 11) is 0. The zero-order valence-electron chi connectivity index (χ0n) is 21.7. The third kappa shape index (κ3) is 5.75. The van der Waals surface area contributed by atoms with Crippen LogP contribution in [0, 0.1) is 5.92 Å². The van der Waals surface area contributed by atoms with Crippen LogP contribution in [0.4, 0.5) is 16.2 Å². The number of aromatic nitrogens is 4. The van der Waals surface area contributed by atoms with Gasteiger partial charge in [-0.1, -0.05) is 12.1 Å². The minimum atomic E-state index is -1.26. The van der Waals surface area contributed by atoms with Crippen LogP contribution in [0.2, 0.25) is 0 Å². The lowest BCUT2D eigenvalue weighted by Crippen LogP contribution is -2.49. The molecule has 2 saturated heterocycles. The molecule has 0 amide bonds. The first-order chi connectivity index (χ1) is 18.7. The van der Waals surface area contributed by atoms with Crippen LogP contribution < -0.4 is 15.5 Å². The van der Waals surface area contributed by atoms with E-state index in [-0.39, 0.29) is 0 Å². The fourth-order valence-electron chi connectivity index (χ4n) is 6.00. The Kier molecular flexibility index (Phi) is 8.24. The van der Waals surface area contributed by atoms with E-state index in [0.29, 0.717) is 36.7 Å². The van der Waals surface area contributed by atoms with E-state index in [1.165, 1.54) is 38.8 Å². The lowest BCUT2D eigenvalue weighted by atomic mass is 9.85. The predicted octanol–water partition coefficient (Wildman–Crippen LogP) is 3.93. The van der Waals surface area contributed by atoms with Crippen LogP contribution in [0.15, 0.2) is 30.3 Å². The van der Waals surface area contributed by atoms with Crippen LogP contribution in [0.3, 0.4) is 0 Å². The molecule has 4 heterocycles. The van der Waals surface area contributed by atoms with Crippen LogP contribution in [0.25, 0.3) is 16.9 Å². The SMILES string of the molecule is FC(I)c1nc2ccccc2n1-c1cc(N2CCOCC2)nc(NC[C@H]2CC[C@H](N3CCNCC3)CC2)n1. The van der Waals surface area contributed by atoms with Crippen molar-refractivity contribution < 1.29 is 9.13 Å². The van der Waals surface area contributed by atoms with Crippen LogP contribution in [0.5, 0.6) is 0 Å². The van der Waals surface area contributed by atoms with Gasteiger partial charge in [0.1, 0.15) is 11.6 Å². The number of imidazole rings is 1. The highest BCUT2D eigenvalue weighted by atomic mass is 127. The molecule has 204 valence electrons. The molecule has 2 aliphatic heterocycles. The summed E-state index contributed by atoms with van der Waals surface area (Å²) in [6.45, 7) is 8.25. The van der Waals surface area contributed by atoms with E-state index in [1.807, 2.05) is 34.9 Å². The summed E-state index contributed by atoms with van der Waals surface area (Å²) in [5.41, 5.74) is 1.59. The molecule has 38 heavy (non-hydrogen) atoms. The second-order valence-corrected chi connectivity index (χ2v) is 11.5. The van der Waals surface area contributed by atoms with Gasteiger partial charge in [0.2, 0.25) is 10.1 Å². The maximum atomic E-state index is 14.7. The molecule has 2 aromatic heterocycles. The number of hydrogen-bond donors (Lipinski definition) is 2. The van der Waals surface area contributed by atoms with Crippen molar-refractivity contribution in [3.05, 3.63) is 36.2 Å². The van der Waals surface area contributed by atoms with Gasteiger partial charge in [0.15, 0.2) is 5.82 Å². The van der Waals surface area contributed by atoms with Crippen molar-refractivity contribution in [1.29, 1.82) is 0 Å². The van der Waals surface area contributed by atoms with Crippen LogP contribution in [-0.4, -0.2) is 89.5 Å². The normalized spacial score (nSPS) is 24.0. The number of piperazine rings is 1. The van der Waals surface area contributed by atoms with Gasteiger partial charge in [-0.25, -0.2) is 9.37 Å². The van der Waals surface area contributed by atoms with Crippen LogP contribution >= 0.6 is 22.6 Å². The minimum absolute atomic E-state index is 0.343. The standard InChI is InChI=1S/C27H36FIN8O/c28-25(29)26-32-21-3-1-2-4-22(21)37(26)24-17-23(36-13-15-38-16-14-36)33-27(34-24)31-18-19-5-7-20(8-6-19)35-11-9-30-10-12-35/h1-4,17,19-20,25,30H,5-16,18H2,(H,31,33,34)/t19-,20-,25?. The van der Waals surface area contributed by atoms with E-state index in [9.17, 15) is 4.39 Å². The molecule has 0 bridgehead atoms. The Morgan fingerprint density at radius 3 is 2.50 bits per heavy atom. The molecule has 2 N–H and O–H groups in total. The molecule has 9 nitrogen and oxygen atoms in total. The molecule has 1 saturated carbocycles. The summed E-state index contributed by atoms with van der Waals surface area (Å²) in [4.78, 5) is 19.3. The first-order valence-electron chi connectivity index (χ1n) is 13.8. The highest BCUT2D eigenvalue weighted by Crippen LogP contribution is 2.32. The van der Waals surface area contributed by atoms with Crippen molar-refractivity contribution in [1.82, 2.24) is 29.7 Å². The average molecular weight is 635 g/mol. The van der Waals surface area contributed by atoms with E-state index < -0.39 is 4.18 Å². The number of morpholine rings is 1. The summed E-state index contributed by atoms with van der Waals surface area (Å²) < 4.78 is 20.9. The Morgan fingerprint density at radius 1 is 1.00 bits per heavy atom. The molecular formula is C27H36FIN8O. The molecule has 6 rings (SSSR count). The Morgan fingerprint density at radius 2 is 1.74 bits per heavy atom. The van der Waals surface area contributed by atoms with E-state index in [0.717, 1.165) is 55.6 Å². The maximum absolute atomic E-state index is 14.7. The molecular weight excluding hydrogens is 598 g/mol. The summed E-state index contributed by atoms with van der Waals surface area (Å²) >= 11 is 1.78. The zero-order chi connectivity index (χ0) is 25.9. The highest BCUT2D eigenvalue weighted by molar-refractivity contribution is 14.1. The molecule has 3 aromatic rings. The number of anilines is 2. The zero-order valence-corrected chi connectivity index (χ0v) is 23.8. The Labute approximate surface area is 236 Å². The van der Waals surface area contributed by atoms with Crippen molar-refractivity contribution in [2.24, 2.45) is 5.92 Å². The molecule has 1 aliphatic carbocycles. The average Bonchev–Trinajstić information content (AvgIpc) is 3.37. The second-order valence-electron chi connectivity index (χ2n) is 10.4. The fourth-order valence-corrected chi connectivity index (χ4v) is 6.42. The summed E-state index contributed by atoms with van der Waals surface area (Å²) in [5.74, 6) is 2.99. The fraction of sp³-hybridized carbons (Fsp3) is 0.593. The summed E-state index contributed by atoms with van der Waals surface area (Å²) in [6.07, 6.45) is 4.94. The molecule has 1 unspecified atom stereocenters. The third-order valence-electron chi connectivity index (χ3n) is 8.08. The number of hydrogen-bond acceptors (Lipinski definition) is 8. The van der Waals surface area contributed by atoms with Gasteiger partial charge in [0, 0.05) is 57.9 Å². The molecule has 0 spiro atoms. The van der Waals surface area contributed by atoms with Crippen LogP contribution in [-0.2, 0) is 4.74 Å². The van der Waals surface area contributed by atoms with Crippen molar-refractivity contribution >= 4 is 45.4 Å². The number of halogens is 2. The largest absolute Gasteiger partial charge is 0.378 e. The number of para-hydroxylation sites is 2. The number of rotatable bonds is 7. The number of benzene rings is 1. The number of ether oxygens (including phenoxy) is 1. The lowest BCUT2D eigenvalue weighted by molar-refractivity contribution is 0.122. The first kappa shape index (κ1) is 26.1. The van der Waals surface area contributed by atoms with E-state index >= 15 is 0 Å². The van der Waals surface area contributed by atoms with Gasteiger partial charge in [-0.3, -0.25) is 9.47 Å². The predicted molar refractivity (Wildman–Crippen MR) is 156 cm³/mol. The van der Waals surface area contributed by atoms with Gasteiger partial charge in [-0.15, -0.1) is 0 Å². The van der Waals surface area contributed by atoms with E-state index in [2.05, 4.69) is 25.4 Å². The van der Waals surface area contributed by atoms with Crippen molar-refractivity contribution in [2.75, 3.05) is 69.2 Å². The van der Waals surface area contributed by atoms with Crippen molar-refractivity contribution in [2.45, 2.75) is 35.9 Å². The van der Waals surface area contributed by atoms with Crippen molar-refractivity contribution in [3.8, 4) is 5.82 Å². The third-order valence-corrected chi connectivity index (χ3v) is 8.64. The van der Waals surface area contributed by atoms with Gasteiger partial charge >= 0.3 is 0 Å². The minimum Gasteiger partial charge on any atom is -0.378 e. The lowest BCUT2D eigenvalue weighted by Gasteiger charge is -2.39. The number of alkyl halides is 2. The summed E-state index contributed by atoms with van der Waals surface area (Å²) in [5, 5.41) is 7.01. The molecule has 3 fully saturated rings. The van der Waals surface area contributed by atoms with Gasteiger partial charge < -0.3 is 20.3 Å². The van der Waals surface area contributed by atoms with Gasteiger partial charge in [0.25, 0.3) is 0 Å². The van der Waals surface area contributed by atoms with E-state index in [4.69, 9.17) is 14.7 Å². The van der Waals surface area contributed by atoms with Crippen LogP contribution in [0.1, 0.15) is 35.7 Å². The monoisotopic (exact) mass is 634 g/mol. The molecule has 0 radical (unpaired) electrons. The number of nitrogens with one attached hydrogen (secondary N) is 2. The Hall–Kier alpha value is -2.09. The molecule has 11 heteroatoms. The number of nitrogens with zero attached hydrogens (tertiary/aromatic N) is 6. The maximum Gasteiger partial charge on any atom is 0.226 e. The number of fused-ring (bicyclic) bond motifs is 1. The van der Waals surface area contributed by atoms with Gasteiger partial charge in [0.05, 0.1) is 24.2 Å². The first-order valence-corrected chi connectivity index (χ1v) is 15.1. The molecule has 1 aromatic carbocycles.